The molecule has 0 bridgehead atoms. The number of anilines is 1. The number of aliphatic carboxylic acids is 1. The van der Waals surface area contributed by atoms with E-state index in [2.05, 4.69) is 50.0 Å². The fraction of sp³-hybridized carbons (Fsp3) is 0.543. The summed E-state index contributed by atoms with van der Waals surface area (Å²) in [4.78, 5) is 47.4. The van der Waals surface area contributed by atoms with Gasteiger partial charge in [0.05, 0.1) is 12.5 Å². The average Bonchev–Trinajstić information content (AvgIpc) is 3.27. The van der Waals surface area contributed by atoms with Gasteiger partial charge in [0.15, 0.2) is 0 Å². The van der Waals surface area contributed by atoms with Crippen molar-refractivity contribution in [2.45, 2.75) is 90.8 Å². The van der Waals surface area contributed by atoms with Crippen LogP contribution in [0.15, 0.2) is 53.5 Å². The van der Waals surface area contributed by atoms with Crippen molar-refractivity contribution < 1.29 is 19.5 Å². The molecular formula is C35H46N4O4. The van der Waals surface area contributed by atoms with E-state index in [1.54, 1.807) is 12.1 Å². The first-order valence-electron chi connectivity index (χ1n) is 15.9. The normalized spacial score (nSPS) is 23.3. The van der Waals surface area contributed by atoms with E-state index in [9.17, 15) is 14.4 Å². The highest BCUT2D eigenvalue weighted by atomic mass is 16.4. The van der Waals surface area contributed by atoms with E-state index in [1.807, 2.05) is 29.2 Å². The highest BCUT2D eigenvalue weighted by Gasteiger charge is 2.52. The summed E-state index contributed by atoms with van der Waals surface area (Å²) in [5, 5.41) is 11.5. The summed E-state index contributed by atoms with van der Waals surface area (Å²) >= 11 is 0. The Morgan fingerprint density at radius 3 is 2.35 bits per heavy atom. The summed E-state index contributed by atoms with van der Waals surface area (Å²) in [7, 11) is 0. The van der Waals surface area contributed by atoms with Crippen molar-refractivity contribution in [3.63, 3.8) is 0 Å². The van der Waals surface area contributed by atoms with E-state index >= 15 is 0 Å². The molecule has 2 aliphatic heterocycles. The number of benzene rings is 2. The lowest BCUT2D eigenvalue weighted by atomic mass is 9.69. The summed E-state index contributed by atoms with van der Waals surface area (Å²) < 4.78 is 0. The molecule has 0 radical (unpaired) electrons. The SMILES string of the molecule is C[C@H](c1ccc(C(=O)NCCC(=O)O)cc1)N1C(=O)C(c2cccc(N3CCCCC3)c2)=NC12CCC(C(C)(C)C)CC2. The van der Waals surface area contributed by atoms with Gasteiger partial charge in [-0.05, 0) is 93.0 Å². The van der Waals surface area contributed by atoms with E-state index in [4.69, 9.17) is 10.1 Å². The third-order valence-corrected chi connectivity index (χ3v) is 9.71. The van der Waals surface area contributed by atoms with Crippen LogP contribution in [0.1, 0.15) is 107 Å². The molecule has 2 aromatic rings. The summed E-state index contributed by atoms with van der Waals surface area (Å²) in [6.45, 7) is 11.1. The number of hydrogen-bond donors (Lipinski definition) is 2. The molecule has 0 unspecified atom stereocenters. The lowest BCUT2D eigenvalue weighted by molar-refractivity contribution is -0.137. The first-order chi connectivity index (χ1) is 20.5. The number of nitrogens with one attached hydrogen (secondary N) is 1. The molecule has 2 N–H and O–H groups in total. The third kappa shape index (κ3) is 6.63. The Bertz CT molecular complexity index is 1360. The van der Waals surface area contributed by atoms with Crippen LogP contribution in [0.3, 0.4) is 0 Å². The minimum absolute atomic E-state index is 0.0343. The van der Waals surface area contributed by atoms with Gasteiger partial charge in [-0.15, -0.1) is 0 Å². The van der Waals surface area contributed by atoms with Crippen molar-refractivity contribution in [2.24, 2.45) is 16.3 Å². The van der Waals surface area contributed by atoms with Crippen LogP contribution in [-0.2, 0) is 9.59 Å². The summed E-state index contributed by atoms with van der Waals surface area (Å²) in [5.41, 5.74) is 3.59. The fourth-order valence-electron chi connectivity index (χ4n) is 7.09. The summed E-state index contributed by atoms with van der Waals surface area (Å²) in [6.07, 6.45) is 7.20. The number of piperidine rings is 1. The first-order valence-corrected chi connectivity index (χ1v) is 15.9. The number of carbonyl (C=O) groups excluding carboxylic acids is 2. The van der Waals surface area contributed by atoms with Crippen molar-refractivity contribution in [1.82, 2.24) is 10.2 Å². The maximum atomic E-state index is 14.4. The number of amides is 2. The first kappa shape index (κ1) is 30.8. The van der Waals surface area contributed by atoms with Crippen LogP contribution in [0.5, 0.6) is 0 Å². The van der Waals surface area contributed by atoms with Crippen molar-refractivity contribution >= 4 is 29.2 Å². The van der Waals surface area contributed by atoms with Gasteiger partial charge in [0, 0.05) is 36.4 Å². The second-order valence-corrected chi connectivity index (χ2v) is 13.6. The van der Waals surface area contributed by atoms with E-state index in [-0.39, 0.29) is 36.2 Å². The Hall–Kier alpha value is -3.68. The molecule has 2 fully saturated rings. The van der Waals surface area contributed by atoms with Gasteiger partial charge in [0.2, 0.25) is 0 Å². The molecule has 1 aliphatic carbocycles. The van der Waals surface area contributed by atoms with Crippen LogP contribution in [0.4, 0.5) is 5.69 Å². The summed E-state index contributed by atoms with van der Waals surface area (Å²) in [5.74, 6) is -0.724. The van der Waals surface area contributed by atoms with Crippen LogP contribution in [-0.4, -0.2) is 58.8 Å². The minimum atomic E-state index is -0.954. The van der Waals surface area contributed by atoms with Crippen LogP contribution in [0, 0.1) is 11.3 Å². The number of nitrogens with zero attached hydrogens (tertiary/aromatic N) is 3. The molecule has 1 saturated heterocycles. The van der Waals surface area contributed by atoms with E-state index in [1.165, 1.54) is 19.3 Å². The fourth-order valence-corrected chi connectivity index (χ4v) is 7.09. The van der Waals surface area contributed by atoms with Gasteiger partial charge in [-0.2, -0.15) is 0 Å². The summed E-state index contributed by atoms with van der Waals surface area (Å²) in [6, 6.07) is 15.4. The standard InChI is InChI=1S/C35H46N4O4/c1-24(25-11-13-26(14-12-25)32(42)36-20-17-30(40)41)39-33(43)31(37-35(39)18-15-28(16-19-35)34(2,3)4)27-9-8-10-29(23-27)38-21-6-5-7-22-38/h8-14,23-24,28H,5-7,15-22H2,1-4H3,(H,36,42)(H,40,41)/t24-,28?,35?/m1/s1. The predicted molar refractivity (Wildman–Crippen MR) is 169 cm³/mol. The van der Waals surface area contributed by atoms with Gasteiger partial charge < -0.3 is 20.2 Å². The zero-order valence-corrected chi connectivity index (χ0v) is 26.1. The molecule has 2 heterocycles. The number of carboxylic acids is 1. The quantitative estimate of drug-likeness (QED) is 0.383. The van der Waals surface area contributed by atoms with Crippen molar-refractivity contribution in [2.75, 3.05) is 24.5 Å². The molecule has 230 valence electrons. The molecule has 2 amide bonds. The van der Waals surface area contributed by atoms with Gasteiger partial charge in [0.25, 0.3) is 11.8 Å². The highest BCUT2D eigenvalue weighted by molar-refractivity contribution is 6.47. The Morgan fingerprint density at radius 1 is 1.05 bits per heavy atom. The Balaban J connectivity index is 1.42. The molecule has 8 nitrogen and oxygen atoms in total. The number of rotatable bonds is 8. The third-order valence-electron chi connectivity index (χ3n) is 9.71. The molecule has 43 heavy (non-hydrogen) atoms. The molecule has 1 atom stereocenters. The second-order valence-electron chi connectivity index (χ2n) is 13.6. The van der Waals surface area contributed by atoms with Gasteiger partial charge in [-0.3, -0.25) is 19.4 Å². The van der Waals surface area contributed by atoms with Gasteiger partial charge in [-0.1, -0.05) is 45.0 Å². The van der Waals surface area contributed by atoms with Crippen molar-refractivity contribution in [1.29, 1.82) is 0 Å². The highest BCUT2D eigenvalue weighted by Crippen LogP contribution is 2.49. The maximum Gasteiger partial charge on any atom is 0.305 e. The minimum Gasteiger partial charge on any atom is -0.481 e. The smallest absolute Gasteiger partial charge is 0.305 e. The zero-order chi connectivity index (χ0) is 30.8. The Labute approximate surface area is 255 Å². The lowest BCUT2D eigenvalue weighted by Crippen LogP contribution is -2.50. The predicted octanol–water partition coefficient (Wildman–Crippen LogP) is 6.21. The van der Waals surface area contributed by atoms with Crippen molar-refractivity contribution in [3.05, 3.63) is 65.2 Å². The number of hydrogen-bond acceptors (Lipinski definition) is 5. The molecule has 1 spiro atoms. The molecule has 2 aromatic carbocycles. The molecule has 0 aromatic heterocycles. The van der Waals surface area contributed by atoms with Crippen LogP contribution in [0.2, 0.25) is 0 Å². The van der Waals surface area contributed by atoms with E-state index in [0.717, 1.165) is 55.6 Å². The van der Waals surface area contributed by atoms with Gasteiger partial charge >= 0.3 is 5.97 Å². The average molecular weight is 587 g/mol. The monoisotopic (exact) mass is 586 g/mol. The zero-order valence-electron chi connectivity index (χ0n) is 26.1. The molecule has 8 heteroatoms. The van der Waals surface area contributed by atoms with Crippen LogP contribution >= 0.6 is 0 Å². The maximum absolute atomic E-state index is 14.4. The largest absolute Gasteiger partial charge is 0.481 e. The molecular weight excluding hydrogens is 540 g/mol. The molecule has 5 rings (SSSR count). The number of carboxylic acid groups (broad SMARTS) is 1. The molecule has 3 aliphatic rings. The molecule has 1 saturated carbocycles. The van der Waals surface area contributed by atoms with Crippen LogP contribution < -0.4 is 10.2 Å². The second kappa shape index (κ2) is 12.5. The van der Waals surface area contributed by atoms with Gasteiger partial charge in [0.1, 0.15) is 11.4 Å². The number of aliphatic imine (C=N–C) groups is 1. The van der Waals surface area contributed by atoms with E-state index in [0.29, 0.717) is 17.2 Å². The Morgan fingerprint density at radius 2 is 1.72 bits per heavy atom. The Kier molecular flexibility index (Phi) is 8.95. The number of carbonyl (C=O) groups is 3. The van der Waals surface area contributed by atoms with Crippen LogP contribution in [0.25, 0.3) is 0 Å². The topological polar surface area (TPSA) is 102 Å². The van der Waals surface area contributed by atoms with Crippen molar-refractivity contribution in [3.8, 4) is 0 Å². The lowest BCUT2D eigenvalue weighted by Gasteiger charge is -2.46. The van der Waals surface area contributed by atoms with Gasteiger partial charge in [-0.25, -0.2) is 0 Å². The van der Waals surface area contributed by atoms with E-state index < -0.39 is 11.6 Å².